The van der Waals surface area contributed by atoms with Crippen molar-refractivity contribution in [3.8, 4) is 11.5 Å². The van der Waals surface area contributed by atoms with E-state index in [9.17, 15) is 0 Å². The molecule has 1 N–H and O–H groups in total. The van der Waals surface area contributed by atoms with Crippen LogP contribution >= 0.6 is 0 Å². The molecular weight excluding hydrogens is 318 g/mol. The zero-order chi connectivity index (χ0) is 17.4. The van der Waals surface area contributed by atoms with Gasteiger partial charge in [-0.15, -0.1) is 0 Å². The van der Waals surface area contributed by atoms with Crippen LogP contribution in [0.15, 0.2) is 54.6 Å². The van der Waals surface area contributed by atoms with Crippen LogP contribution in [0, 0.1) is 23.2 Å². The van der Waals surface area contributed by atoms with Crippen molar-refractivity contribution in [3.05, 3.63) is 60.2 Å². The molecule has 2 heteroatoms. The summed E-state index contributed by atoms with van der Waals surface area (Å²) in [6.07, 6.45) is 9.04. The Morgan fingerprint density at radius 3 is 1.96 bits per heavy atom. The lowest BCUT2D eigenvalue weighted by molar-refractivity contribution is -0.0514. The Balaban J connectivity index is 1.15. The Hall–Kier alpha value is -1.80. The Morgan fingerprint density at radius 1 is 0.769 bits per heavy atom. The van der Waals surface area contributed by atoms with E-state index >= 15 is 0 Å². The monoisotopic (exact) mass is 347 g/mol. The Kier molecular flexibility index (Phi) is 4.24. The molecule has 6 rings (SSSR count). The average molecular weight is 348 g/mol. The molecule has 4 aliphatic rings. The molecule has 4 saturated carbocycles. The van der Waals surface area contributed by atoms with Gasteiger partial charge in [-0.25, -0.2) is 0 Å². The summed E-state index contributed by atoms with van der Waals surface area (Å²) in [6, 6.07) is 18.5. The number of benzene rings is 2. The first-order valence-corrected chi connectivity index (χ1v) is 10.3. The van der Waals surface area contributed by atoms with E-state index in [1.54, 1.807) is 0 Å². The largest absolute Gasteiger partial charge is 0.457 e. The molecule has 4 fully saturated rings. The van der Waals surface area contributed by atoms with E-state index in [0.29, 0.717) is 5.41 Å². The SMILES string of the molecule is c1ccc(Oc2ccc(CNCC34CC5CC(CC(C5)C3)C4)cc2)cc1. The molecule has 4 bridgehead atoms. The van der Waals surface area contributed by atoms with Gasteiger partial charge in [0.05, 0.1) is 0 Å². The summed E-state index contributed by atoms with van der Waals surface area (Å²) in [5.74, 6) is 4.91. The van der Waals surface area contributed by atoms with E-state index in [1.807, 2.05) is 30.3 Å². The fourth-order valence-electron chi connectivity index (χ4n) is 6.28. The lowest BCUT2D eigenvalue weighted by Gasteiger charge is -2.57. The molecule has 26 heavy (non-hydrogen) atoms. The van der Waals surface area contributed by atoms with Crippen LogP contribution in [0.1, 0.15) is 44.1 Å². The molecule has 0 unspecified atom stereocenters. The first kappa shape index (κ1) is 16.4. The van der Waals surface area contributed by atoms with Crippen molar-refractivity contribution in [1.29, 1.82) is 0 Å². The lowest BCUT2D eigenvalue weighted by atomic mass is 9.49. The van der Waals surface area contributed by atoms with Crippen LogP contribution in [0.25, 0.3) is 0 Å². The van der Waals surface area contributed by atoms with Gasteiger partial charge >= 0.3 is 0 Å². The second-order valence-electron chi connectivity index (χ2n) is 9.08. The maximum absolute atomic E-state index is 5.88. The molecular formula is C24H29NO. The summed E-state index contributed by atoms with van der Waals surface area (Å²) >= 11 is 0. The summed E-state index contributed by atoms with van der Waals surface area (Å²) < 4.78 is 5.88. The maximum Gasteiger partial charge on any atom is 0.127 e. The standard InChI is InChI=1S/C24H29NO/c1-2-4-22(5-3-1)26-23-8-6-18(7-9-23)16-25-17-24-13-19-10-20(14-24)12-21(11-19)15-24/h1-9,19-21,25H,10-17H2. The summed E-state index contributed by atoms with van der Waals surface area (Å²) in [4.78, 5) is 0. The van der Waals surface area contributed by atoms with E-state index < -0.39 is 0 Å². The van der Waals surface area contributed by atoms with Gasteiger partial charge in [0, 0.05) is 13.1 Å². The van der Waals surface area contributed by atoms with E-state index in [1.165, 1.54) is 50.6 Å². The molecule has 2 aromatic carbocycles. The quantitative estimate of drug-likeness (QED) is 0.714. The minimum Gasteiger partial charge on any atom is -0.457 e. The number of hydrogen-bond acceptors (Lipinski definition) is 2. The molecule has 0 atom stereocenters. The predicted octanol–water partition coefficient (Wildman–Crippen LogP) is 5.78. The fraction of sp³-hybridized carbons (Fsp3) is 0.500. The highest BCUT2D eigenvalue weighted by molar-refractivity contribution is 5.32. The molecule has 0 spiro atoms. The van der Waals surface area contributed by atoms with Crippen LogP contribution in [-0.2, 0) is 6.54 Å². The van der Waals surface area contributed by atoms with Gasteiger partial charge in [0.2, 0.25) is 0 Å². The molecule has 136 valence electrons. The molecule has 0 amide bonds. The minimum absolute atomic E-state index is 0.616. The molecule has 4 aliphatic carbocycles. The van der Waals surface area contributed by atoms with Gasteiger partial charge in [-0.2, -0.15) is 0 Å². The maximum atomic E-state index is 5.88. The minimum atomic E-state index is 0.616. The summed E-state index contributed by atoms with van der Waals surface area (Å²) in [6.45, 7) is 2.17. The number of para-hydroxylation sites is 1. The van der Waals surface area contributed by atoms with Crippen molar-refractivity contribution in [2.24, 2.45) is 23.2 Å². The molecule has 2 nitrogen and oxygen atoms in total. The summed E-state index contributed by atoms with van der Waals surface area (Å²) in [5.41, 5.74) is 1.96. The predicted molar refractivity (Wildman–Crippen MR) is 105 cm³/mol. The van der Waals surface area contributed by atoms with Crippen molar-refractivity contribution in [2.75, 3.05) is 6.54 Å². The van der Waals surface area contributed by atoms with Crippen molar-refractivity contribution in [1.82, 2.24) is 5.32 Å². The zero-order valence-electron chi connectivity index (χ0n) is 15.5. The topological polar surface area (TPSA) is 21.3 Å². The normalized spacial score (nSPS) is 31.9. The molecule has 2 aromatic rings. The van der Waals surface area contributed by atoms with E-state index in [-0.39, 0.29) is 0 Å². The van der Waals surface area contributed by atoms with Gasteiger partial charge in [-0.1, -0.05) is 30.3 Å². The Morgan fingerprint density at radius 2 is 1.35 bits per heavy atom. The summed E-state index contributed by atoms with van der Waals surface area (Å²) in [5, 5.41) is 3.79. The lowest BCUT2D eigenvalue weighted by Crippen LogP contribution is -2.50. The Labute approximate surface area is 157 Å². The first-order valence-electron chi connectivity index (χ1n) is 10.3. The van der Waals surface area contributed by atoms with Gasteiger partial charge in [0.15, 0.2) is 0 Å². The third-order valence-corrected chi connectivity index (χ3v) is 6.90. The highest BCUT2D eigenvalue weighted by Crippen LogP contribution is 2.59. The van der Waals surface area contributed by atoms with Crippen molar-refractivity contribution in [2.45, 2.75) is 45.1 Å². The van der Waals surface area contributed by atoms with Crippen molar-refractivity contribution < 1.29 is 4.74 Å². The molecule has 0 aromatic heterocycles. The fourth-order valence-corrected chi connectivity index (χ4v) is 6.28. The van der Waals surface area contributed by atoms with Crippen LogP contribution < -0.4 is 10.1 Å². The van der Waals surface area contributed by atoms with Gasteiger partial charge in [0.1, 0.15) is 11.5 Å². The van der Waals surface area contributed by atoms with Gasteiger partial charge in [0.25, 0.3) is 0 Å². The smallest absolute Gasteiger partial charge is 0.127 e. The number of nitrogens with one attached hydrogen (secondary N) is 1. The summed E-state index contributed by atoms with van der Waals surface area (Å²) in [7, 11) is 0. The molecule has 0 heterocycles. The average Bonchev–Trinajstić information content (AvgIpc) is 2.63. The van der Waals surface area contributed by atoms with Gasteiger partial charge in [-0.05, 0) is 91.5 Å². The van der Waals surface area contributed by atoms with E-state index in [4.69, 9.17) is 4.74 Å². The van der Waals surface area contributed by atoms with Crippen LogP contribution in [0.2, 0.25) is 0 Å². The highest BCUT2D eigenvalue weighted by atomic mass is 16.5. The highest BCUT2D eigenvalue weighted by Gasteiger charge is 2.50. The van der Waals surface area contributed by atoms with Crippen molar-refractivity contribution >= 4 is 0 Å². The van der Waals surface area contributed by atoms with E-state index in [2.05, 4.69) is 29.6 Å². The van der Waals surface area contributed by atoms with Crippen LogP contribution in [0.5, 0.6) is 11.5 Å². The molecule has 0 aliphatic heterocycles. The second kappa shape index (κ2) is 6.74. The van der Waals surface area contributed by atoms with Crippen molar-refractivity contribution in [3.63, 3.8) is 0 Å². The zero-order valence-corrected chi connectivity index (χ0v) is 15.5. The third kappa shape index (κ3) is 3.40. The molecule has 0 radical (unpaired) electrons. The van der Waals surface area contributed by atoms with Crippen LogP contribution in [0.4, 0.5) is 0 Å². The number of hydrogen-bond donors (Lipinski definition) is 1. The van der Waals surface area contributed by atoms with Gasteiger partial charge in [-0.3, -0.25) is 0 Å². The number of rotatable bonds is 6. The van der Waals surface area contributed by atoms with Gasteiger partial charge < -0.3 is 10.1 Å². The Bertz CT molecular complexity index is 701. The van der Waals surface area contributed by atoms with Crippen LogP contribution in [-0.4, -0.2) is 6.54 Å². The molecule has 0 saturated heterocycles. The first-order chi connectivity index (χ1) is 12.8. The van der Waals surface area contributed by atoms with E-state index in [0.717, 1.165) is 35.8 Å². The third-order valence-electron chi connectivity index (χ3n) is 6.90. The van der Waals surface area contributed by atoms with Crippen LogP contribution in [0.3, 0.4) is 0 Å². The second-order valence-corrected chi connectivity index (χ2v) is 9.08. The number of ether oxygens (including phenoxy) is 1.